The van der Waals surface area contributed by atoms with E-state index in [2.05, 4.69) is 15.2 Å². The van der Waals surface area contributed by atoms with Crippen molar-refractivity contribution < 1.29 is 4.39 Å². The van der Waals surface area contributed by atoms with Crippen LogP contribution >= 0.6 is 35.7 Å². The Morgan fingerprint density at radius 3 is 2.89 bits per heavy atom. The lowest BCUT2D eigenvalue weighted by atomic mass is 10.2. The highest BCUT2D eigenvalue weighted by molar-refractivity contribution is 14.0. The maximum absolute atomic E-state index is 13.2. The Bertz CT molecular complexity index is 439. The Labute approximate surface area is 128 Å². The van der Waals surface area contributed by atoms with Gasteiger partial charge in [0.15, 0.2) is 5.96 Å². The van der Waals surface area contributed by atoms with Crippen LogP contribution in [0.3, 0.4) is 0 Å². The van der Waals surface area contributed by atoms with Crippen molar-refractivity contribution in [3.63, 3.8) is 0 Å². The van der Waals surface area contributed by atoms with Gasteiger partial charge in [0.1, 0.15) is 5.82 Å². The molecule has 0 aliphatic carbocycles. The van der Waals surface area contributed by atoms with Crippen LogP contribution in [0.15, 0.2) is 28.1 Å². The van der Waals surface area contributed by atoms with E-state index < -0.39 is 0 Å². The zero-order chi connectivity index (χ0) is 12.3. The van der Waals surface area contributed by atoms with E-state index in [0.29, 0.717) is 6.54 Å². The van der Waals surface area contributed by atoms with Gasteiger partial charge in [0, 0.05) is 25.0 Å². The van der Waals surface area contributed by atoms with E-state index in [4.69, 9.17) is 0 Å². The summed E-state index contributed by atoms with van der Waals surface area (Å²) in [5.41, 5.74) is 0.973. The van der Waals surface area contributed by atoms with Gasteiger partial charge in [0.25, 0.3) is 0 Å². The molecule has 0 saturated heterocycles. The van der Waals surface area contributed by atoms with E-state index in [0.717, 1.165) is 29.5 Å². The molecule has 100 valence electrons. The number of guanidine groups is 1. The van der Waals surface area contributed by atoms with E-state index >= 15 is 0 Å². The first-order chi connectivity index (χ1) is 8.20. The van der Waals surface area contributed by atoms with Crippen molar-refractivity contribution in [2.24, 2.45) is 4.99 Å². The first-order valence-corrected chi connectivity index (χ1v) is 6.75. The summed E-state index contributed by atoms with van der Waals surface area (Å²) in [5.74, 6) is 0.697. The van der Waals surface area contributed by atoms with Gasteiger partial charge in [-0.1, -0.05) is 0 Å². The number of likely N-dealkylation sites (N-methyl/N-ethyl adjacent to an activating group) is 1. The SMILES string of the molecule is CSc1ccc(F)cc1CNC1=NCCN1C.I. The molecular formula is C12H17FIN3S. The van der Waals surface area contributed by atoms with Crippen LogP contribution in [0.5, 0.6) is 0 Å². The van der Waals surface area contributed by atoms with Crippen molar-refractivity contribution in [3.05, 3.63) is 29.6 Å². The first kappa shape index (κ1) is 15.6. The fraction of sp³-hybridized carbons (Fsp3) is 0.417. The Morgan fingerprint density at radius 1 is 1.50 bits per heavy atom. The summed E-state index contributed by atoms with van der Waals surface area (Å²) in [4.78, 5) is 7.51. The molecule has 1 aromatic carbocycles. The number of halogens is 2. The molecule has 18 heavy (non-hydrogen) atoms. The number of hydrogen-bond acceptors (Lipinski definition) is 4. The molecule has 1 aliphatic rings. The third-order valence-electron chi connectivity index (χ3n) is 2.74. The molecule has 2 rings (SSSR count). The smallest absolute Gasteiger partial charge is 0.194 e. The highest BCUT2D eigenvalue weighted by atomic mass is 127. The Hall–Kier alpha value is -0.500. The van der Waals surface area contributed by atoms with Crippen LogP contribution < -0.4 is 5.32 Å². The Morgan fingerprint density at radius 2 is 2.28 bits per heavy atom. The van der Waals surface area contributed by atoms with Gasteiger partial charge in [-0.15, -0.1) is 35.7 Å². The second-order valence-electron chi connectivity index (χ2n) is 3.94. The van der Waals surface area contributed by atoms with Gasteiger partial charge in [0.2, 0.25) is 0 Å². The van der Waals surface area contributed by atoms with Crippen molar-refractivity contribution >= 4 is 41.7 Å². The minimum atomic E-state index is -0.193. The van der Waals surface area contributed by atoms with Crippen LogP contribution in [0.25, 0.3) is 0 Å². The highest BCUT2D eigenvalue weighted by Gasteiger charge is 2.12. The molecule has 0 saturated carbocycles. The van der Waals surface area contributed by atoms with Gasteiger partial charge in [-0.3, -0.25) is 4.99 Å². The average Bonchev–Trinajstić information content (AvgIpc) is 2.72. The second-order valence-corrected chi connectivity index (χ2v) is 4.78. The lowest BCUT2D eigenvalue weighted by Crippen LogP contribution is -2.35. The topological polar surface area (TPSA) is 27.6 Å². The average molecular weight is 381 g/mol. The summed E-state index contributed by atoms with van der Waals surface area (Å²) in [6.07, 6.45) is 2.00. The molecule has 0 bridgehead atoms. The van der Waals surface area contributed by atoms with Crippen LogP contribution in [0.2, 0.25) is 0 Å². The van der Waals surface area contributed by atoms with Crippen LogP contribution in [0.4, 0.5) is 4.39 Å². The highest BCUT2D eigenvalue weighted by Crippen LogP contribution is 2.21. The molecule has 3 nitrogen and oxygen atoms in total. The summed E-state index contributed by atoms with van der Waals surface area (Å²) in [6, 6.07) is 4.89. The van der Waals surface area contributed by atoms with Gasteiger partial charge in [-0.05, 0) is 30.0 Å². The molecular weight excluding hydrogens is 364 g/mol. The summed E-state index contributed by atoms with van der Waals surface area (Å²) >= 11 is 1.63. The number of thioether (sulfide) groups is 1. The van der Waals surface area contributed by atoms with Crippen molar-refractivity contribution in [1.29, 1.82) is 0 Å². The maximum Gasteiger partial charge on any atom is 0.194 e. The molecule has 0 fully saturated rings. The number of benzene rings is 1. The maximum atomic E-state index is 13.2. The molecule has 1 aliphatic heterocycles. The number of aliphatic imine (C=N–C) groups is 1. The number of hydrogen-bond donors (Lipinski definition) is 1. The fourth-order valence-corrected chi connectivity index (χ4v) is 2.38. The predicted octanol–water partition coefficient (Wildman–Crippen LogP) is 2.56. The molecule has 0 amide bonds. The standard InChI is InChI=1S/C12H16FN3S.HI/c1-16-6-5-14-12(16)15-8-9-7-10(13)3-4-11(9)17-2;/h3-4,7H,5-6,8H2,1-2H3,(H,14,15);1H. The first-order valence-electron chi connectivity index (χ1n) is 5.52. The molecule has 0 aromatic heterocycles. The monoisotopic (exact) mass is 381 g/mol. The lowest BCUT2D eigenvalue weighted by molar-refractivity contribution is 0.533. The van der Waals surface area contributed by atoms with Gasteiger partial charge < -0.3 is 10.2 Å². The van der Waals surface area contributed by atoms with E-state index in [1.54, 1.807) is 17.8 Å². The van der Waals surface area contributed by atoms with E-state index in [9.17, 15) is 4.39 Å². The fourth-order valence-electron chi connectivity index (χ4n) is 1.78. The van der Waals surface area contributed by atoms with Crippen LogP contribution in [-0.2, 0) is 6.54 Å². The zero-order valence-corrected chi connectivity index (χ0v) is 13.6. The third-order valence-corrected chi connectivity index (χ3v) is 3.58. The minimum absolute atomic E-state index is 0. The normalized spacial score (nSPS) is 14.2. The van der Waals surface area contributed by atoms with E-state index in [1.807, 2.05) is 19.4 Å². The number of nitrogens with one attached hydrogen (secondary N) is 1. The van der Waals surface area contributed by atoms with E-state index in [1.165, 1.54) is 6.07 Å². The molecule has 0 spiro atoms. The summed E-state index contributed by atoms with van der Waals surface area (Å²) < 4.78 is 13.2. The van der Waals surface area contributed by atoms with Gasteiger partial charge in [-0.25, -0.2) is 4.39 Å². The molecule has 0 atom stereocenters. The van der Waals surface area contributed by atoms with Crippen molar-refractivity contribution in [3.8, 4) is 0 Å². The quantitative estimate of drug-likeness (QED) is 0.644. The molecule has 1 aromatic rings. The van der Waals surface area contributed by atoms with Crippen molar-refractivity contribution in [2.45, 2.75) is 11.4 Å². The molecule has 0 unspecified atom stereocenters. The lowest BCUT2D eigenvalue weighted by Gasteiger charge is -2.16. The molecule has 1 N–H and O–H groups in total. The summed E-state index contributed by atoms with van der Waals surface area (Å²) in [5, 5.41) is 3.25. The summed E-state index contributed by atoms with van der Waals surface area (Å²) in [7, 11) is 2.00. The van der Waals surface area contributed by atoms with Gasteiger partial charge >= 0.3 is 0 Å². The predicted molar refractivity (Wildman–Crippen MR) is 85.4 cm³/mol. The Kier molecular flexibility index (Phi) is 6.20. The number of nitrogens with zero attached hydrogens (tertiary/aromatic N) is 2. The van der Waals surface area contributed by atoms with Gasteiger partial charge in [0.05, 0.1) is 6.54 Å². The number of rotatable bonds is 3. The van der Waals surface area contributed by atoms with Crippen LogP contribution in [0, 0.1) is 5.82 Å². The van der Waals surface area contributed by atoms with Gasteiger partial charge in [-0.2, -0.15) is 0 Å². The molecule has 6 heteroatoms. The largest absolute Gasteiger partial charge is 0.352 e. The second kappa shape index (κ2) is 7.18. The zero-order valence-electron chi connectivity index (χ0n) is 10.4. The molecule has 0 radical (unpaired) electrons. The Balaban J connectivity index is 0.00000162. The van der Waals surface area contributed by atoms with E-state index in [-0.39, 0.29) is 29.8 Å². The van der Waals surface area contributed by atoms with Crippen LogP contribution in [0.1, 0.15) is 5.56 Å². The minimum Gasteiger partial charge on any atom is -0.352 e. The van der Waals surface area contributed by atoms with Crippen molar-refractivity contribution in [1.82, 2.24) is 10.2 Å². The van der Waals surface area contributed by atoms with Crippen molar-refractivity contribution in [2.75, 3.05) is 26.4 Å². The molecule has 1 heterocycles. The summed E-state index contributed by atoms with van der Waals surface area (Å²) in [6.45, 7) is 2.38. The van der Waals surface area contributed by atoms with Crippen LogP contribution in [-0.4, -0.2) is 37.3 Å². The third kappa shape index (κ3) is 3.74.